The van der Waals surface area contributed by atoms with Crippen molar-refractivity contribution in [3.63, 3.8) is 0 Å². The molecule has 360 valence electrons. The highest BCUT2D eigenvalue weighted by atomic mass is 16.8. The Bertz CT molecular complexity index is 2800. The molecule has 17 nitrogen and oxygen atoms in total. The average molecular weight is 946 g/mol. The Hall–Kier alpha value is -7.11. The van der Waals surface area contributed by atoms with Crippen LogP contribution in [0.4, 0.5) is 4.79 Å². The predicted octanol–water partition coefficient (Wildman–Crippen LogP) is 6.70. The minimum Gasteiger partial charge on any atom is -0.458 e. The van der Waals surface area contributed by atoms with Crippen molar-refractivity contribution in [2.75, 3.05) is 6.61 Å². The summed E-state index contributed by atoms with van der Waals surface area (Å²) in [6.07, 6.45) is -7.16. The molecule has 0 unspecified atom stereocenters. The molecule has 3 aliphatic carbocycles. The van der Waals surface area contributed by atoms with Crippen molar-refractivity contribution in [3.05, 3.63) is 119 Å². The number of rotatable bonds is 11. The summed E-state index contributed by atoms with van der Waals surface area (Å²) in [5.74, 6) is -5.73. The van der Waals surface area contributed by atoms with Crippen LogP contribution in [-0.4, -0.2) is 101 Å². The van der Waals surface area contributed by atoms with Crippen LogP contribution < -0.4 is 4.74 Å². The van der Waals surface area contributed by atoms with Gasteiger partial charge in [-0.25, -0.2) is 14.4 Å². The van der Waals surface area contributed by atoms with E-state index in [4.69, 9.17) is 42.6 Å². The van der Waals surface area contributed by atoms with Crippen molar-refractivity contribution in [1.82, 2.24) is 4.98 Å². The van der Waals surface area contributed by atoms with E-state index in [0.29, 0.717) is 11.1 Å². The Kier molecular flexibility index (Phi) is 11.9. The third kappa shape index (κ3) is 7.77. The molecule has 1 aromatic heterocycles. The second kappa shape index (κ2) is 17.4. The second-order valence-corrected chi connectivity index (χ2v) is 18.8. The fourth-order valence-electron chi connectivity index (χ4n) is 11.5. The van der Waals surface area contributed by atoms with Gasteiger partial charge in [-0.05, 0) is 66.5 Å². The summed E-state index contributed by atoms with van der Waals surface area (Å²) in [5, 5.41) is 0.855. The van der Waals surface area contributed by atoms with Crippen molar-refractivity contribution in [2.45, 2.75) is 109 Å². The summed E-state index contributed by atoms with van der Waals surface area (Å²) in [7, 11) is 0. The van der Waals surface area contributed by atoms with Gasteiger partial charge in [0, 0.05) is 49.6 Å². The number of fused-ring (bicyclic) bond motifs is 5. The van der Waals surface area contributed by atoms with Crippen LogP contribution in [-0.2, 0) is 68.5 Å². The van der Waals surface area contributed by atoms with Gasteiger partial charge in [0.25, 0.3) is 0 Å². The van der Waals surface area contributed by atoms with E-state index in [2.05, 4.69) is 4.98 Å². The van der Waals surface area contributed by atoms with Crippen LogP contribution in [0.1, 0.15) is 76.5 Å². The largest absolute Gasteiger partial charge is 0.509 e. The topological polar surface area (TPSA) is 218 Å². The average Bonchev–Trinajstić information content (AvgIpc) is 3.90. The molecule has 0 radical (unpaired) electrons. The van der Waals surface area contributed by atoms with Gasteiger partial charge in [0.1, 0.15) is 29.8 Å². The molecule has 0 amide bonds. The fourth-order valence-corrected chi connectivity index (χ4v) is 11.5. The van der Waals surface area contributed by atoms with Crippen molar-refractivity contribution < 1.29 is 76.2 Å². The molecule has 5 aliphatic rings. The first-order chi connectivity index (χ1) is 32.8. The standard InChI is InChI=1S/C52H51NO16/c1-27-40-42(64-29(3)55)44(58)50(7)37(66-39(57)22-19-31-17-20-34(21-18-31)65-47(59)36-23-33-15-11-12-16-35(33)53-36)24-38-51(26-62-38,68-30(4)56)43(50)46(61-25-32-13-9-8-10-14-32)52(49(40,5)6)45(67-48(60)69-52)41(27)63-28(2)54/h8-23,37-38,41-43,45-46,53H,24-26H2,1-7H3/b22-19+/t37-,38+,41+,42+,43-,45-,46-,50+,51-,52+/m0/s1. The fraction of sp³-hybridized carbons (Fsp3) is 0.404. The molecule has 1 spiro atoms. The number of hydrogen-bond donors (Lipinski definition) is 1. The van der Waals surface area contributed by atoms with E-state index in [1.165, 1.54) is 26.8 Å². The zero-order chi connectivity index (χ0) is 49.2. The van der Waals surface area contributed by atoms with Gasteiger partial charge in [-0.1, -0.05) is 74.5 Å². The monoisotopic (exact) mass is 945 g/mol. The maximum absolute atomic E-state index is 16.1. The van der Waals surface area contributed by atoms with Crippen molar-refractivity contribution in [3.8, 4) is 5.75 Å². The lowest BCUT2D eigenvalue weighted by atomic mass is 9.44. The molecule has 9 rings (SSSR count). The number of aromatic nitrogens is 1. The number of carbonyl (C=O) groups is 7. The third-order valence-electron chi connectivity index (χ3n) is 14.4. The van der Waals surface area contributed by atoms with Crippen LogP contribution in [0.15, 0.2) is 102 Å². The number of hydrogen-bond acceptors (Lipinski definition) is 16. The molecular formula is C52H51NO16. The Balaban J connectivity index is 1.13. The molecule has 2 aliphatic heterocycles. The summed E-state index contributed by atoms with van der Waals surface area (Å²) in [5.41, 5.74) is -4.61. The summed E-state index contributed by atoms with van der Waals surface area (Å²) >= 11 is 0. The van der Waals surface area contributed by atoms with Gasteiger partial charge < -0.3 is 47.6 Å². The molecule has 4 fully saturated rings. The number of ketones is 1. The predicted molar refractivity (Wildman–Crippen MR) is 241 cm³/mol. The number of esters is 5. The van der Waals surface area contributed by atoms with Gasteiger partial charge in [0.05, 0.1) is 24.5 Å². The Labute approximate surface area is 396 Å². The van der Waals surface area contributed by atoms with Crippen LogP contribution in [0.5, 0.6) is 5.75 Å². The minimum atomic E-state index is -2.03. The molecular weight excluding hydrogens is 895 g/mol. The highest BCUT2D eigenvalue weighted by Crippen LogP contribution is 2.67. The normalized spacial score (nSPS) is 30.8. The lowest BCUT2D eigenvalue weighted by Crippen LogP contribution is -2.83. The second-order valence-electron chi connectivity index (χ2n) is 18.8. The van der Waals surface area contributed by atoms with E-state index in [-0.39, 0.29) is 42.2 Å². The molecule has 3 aromatic carbocycles. The van der Waals surface area contributed by atoms with Gasteiger partial charge in [0.2, 0.25) is 0 Å². The Morgan fingerprint density at radius 1 is 0.841 bits per heavy atom. The number of carbonyl (C=O) groups excluding carboxylic acids is 7. The van der Waals surface area contributed by atoms with Gasteiger partial charge in [-0.3, -0.25) is 19.2 Å². The molecule has 2 saturated carbocycles. The van der Waals surface area contributed by atoms with Gasteiger partial charge >= 0.3 is 36.0 Å². The van der Waals surface area contributed by atoms with Crippen molar-refractivity contribution >= 4 is 58.8 Å². The summed E-state index contributed by atoms with van der Waals surface area (Å²) < 4.78 is 55.8. The lowest BCUT2D eigenvalue weighted by Gasteiger charge is -2.67. The number of Topliss-reactive ketones (excluding diaryl/α,β-unsaturated/α-hetero) is 1. The SMILES string of the molecule is CC(=O)O[C@H]1C(=O)[C@]2(C)[C@@H](OC(=O)/C=C/c3ccc(OC(=O)c4cc5ccccc5[nH]4)cc3)C[C@H]3OC[C@@]3(OC(C)=O)[C@H]2[C@H](OCc2ccccc2)[C@]23OC(=O)O[C@H]2[C@H](OC(C)=O)C(C)=C1C3(C)C. The number of para-hydroxylation sites is 1. The highest BCUT2D eigenvalue weighted by molar-refractivity contribution is 5.97. The van der Waals surface area contributed by atoms with E-state index in [0.717, 1.165) is 23.9 Å². The van der Waals surface area contributed by atoms with Crippen LogP contribution in [0, 0.1) is 16.7 Å². The molecule has 1 N–H and O–H groups in total. The molecule has 10 atom stereocenters. The maximum atomic E-state index is 16.1. The van der Waals surface area contributed by atoms with E-state index in [1.807, 2.05) is 30.3 Å². The van der Waals surface area contributed by atoms with Crippen molar-refractivity contribution in [1.29, 1.82) is 0 Å². The van der Waals surface area contributed by atoms with Crippen LogP contribution >= 0.6 is 0 Å². The zero-order valence-corrected chi connectivity index (χ0v) is 38.9. The van der Waals surface area contributed by atoms with E-state index in [9.17, 15) is 28.8 Å². The first kappa shape index (κ1) is 47.0. The van der Waals surface area contributed by atoms with Gasteiger partial charge in [-0.2, -0.15) is 0 Å². The molecule has 17 heteroatoms. The number of nitrogens with one attached hydrogen (secondary N) is 1. The van der Waals surface area contributed by atoms with E-state index >= 15 is 4.79 Å². The quantitative estimate of drug-likeness (QED) is 0.0544. The molecule has 2 bridgehead atoms. The van der Waals surface area contributed by atoms with Crippen molar-refractivity contribution in [2.24, 2.45) is 16.7 Å². The van der Waals surface area contributed by atoms with Gasteiger partial charge in [-0.15, -0.1) is 0 Å². The first-order valence-corrected chi connectivity index (χ1v) is 22.5. The number of benzene rings is 3. The number of aromatic amines is 1. The zero-order valence-electron chi connectivity index (χ0n) is 38.9. The third-order valence-corrected chi connectivity index (χ3v) is 14.4. The molecule has 69 heavy (non-hydrogen) atoms. The van der Waals surface area contributed by atoms with E-state index in [1.54, 1.807) is 75.4 Å². The minimum absolute atomic E-state index is 0.144. The molecule has 4 aromatic rings. The smallest absolute Gasteiger partial charge is 0.458 e. The number of ether oxygens (including phenoxy) is 9. The Morgan fingerprint density at radius 2 is 1.54 bits per heavy atom. The van der Waals surface area contributed by atoms with Crippen LogP contribution in [0.3, 0.4) is 0 Å². The number of H-pyrrole nitrogens is 1. The first-order valence-electron chi connectivity index (χ1n) is 22.5. The summed E-state index contributed by atoms with van der Waals surface area (Å²) in [4.78, 5) is 99.5. The van der Waals surface area contributed by atoms with E-state index < -0.39 is 106 Å². The molecule has 3 heterocycles. The summed E-state index contributed by atoms with van der Waals surface area (Å²) in [6, 6.07) is 24.5. The van der Waals surface area contributed by atoms with Crippen LogP contribution in [0.2, 0.25) is 0 Å². The Morgan fingerprint density at radius 3 is 2.19 bits per heavy atom. The highest BCUT2D eigenvalue weighted by Gasteiger charge is 2.83. The van der Waals surface area contributed by atoms with Crippen LogP contribution in [0.25, 0.3) is 17.0 Å². The lowest BCUT2D eigenvalue weighted by molar-refractivity contribution is -0.351. The molecule has 2 saturated heterocycles. The maximum Gasteiger partial charge on any atom is 0.509 e. The van der Waals surface area contributed by atoms with Gasteiger partial charge in [0.15, 0.2) is 35.3 Å². The summed E-state index contributed by atoms with van der Waals surface area (Å²) in [6.45, 7) is 9.60.